The van der Waals surface area contributed by atoms with Crippen molar-refractivity contribution in [3.05, 3.63) is 54.1 Å². The predicted octanol–water partition coefficient (Wildman–Crippen LogP) is 3.89. The van der Waals surface area contributed by atoms with Crippen molar-refractivity contribution in [2.24, 2.45) is 0 Å². The van der Waals surface area contributed by atoms with Gasteiger partial charge < -0.3 is 0 Å². The van der Waals surface area contributed by atoms with Crippen LogP contribution in [0.5, 0.6) is 0 Å². The molecule has 2 rings (SSSR count). The van der Waals surface area contributed by atoms with E-state index in [0.29, 0.717) is 5.56 Å². The molecule has 0 radical (unpaired) electrons. The molecule has 0 aliphatic carbocycles. The van der Waals surface area contributed by atoms with Gasteiger partial charge in [0.05, 0.1) is 0 Å². The maximum atomic E-state index is 10.5. The number of hydrogen-bond acceptors (Lipinski definition) is 2. The average molecular weight is 228 g/mol. The molecule has 0 atom stereocenters. The standard InChI is InChI=1S/C14H12OS/c1-16-14-8-6-13(7-9-14)12-4-2-11(10-15)3-5-12/h2-10H,1H3. The zero-order valence-electron chi connectivity index (χ0n) is 9.01. The average Bonchev–Trinajstić information content (AvgIpc) is 2.39. The van der Waals surface area contributed by atoms with Gasteiger partial charge in [-0.3, -0.25) is 4.79 Å². The molecule has 1 nitrogen and oxygen atoms in total. The maximum absolute atomic E-state index is 10.5. The lowest BCUT2D eigenvalue weighted by Crippen LogP contribution is -1.81. The highest BCUT2D eigenvalue weighted by Gasteiger charge is 1.97. The molecule has 2 heteroatoms. The van der Waals surface area contributed by atoms with E-state index in [-0.39, 0.29) is 0 Å². The van der Waals surface area contributed by atoms with Crippen molar-refractivity contribution in [2.75, 3.05) is 6.26 Å². The fourth-order valence-electron chi connectivity index (χ4n) is 1.54. The molecular formula is C14H12OS. The number of carbonyl (C=O) groups excluding carboxylic acids is 1. The van der Waals surface area contributed by atoms with Crippen LogP contribution in [0.1, 0.15) is 10.4 Å². The Morgan fingerprint density at radius 1 is 0.875 bits per heavy atom. The van der Waals surface area contributed by atoms with Crippen LogP contribution in [0.15, 0.2) is 53.4 Å². The Morgan fingerprint density at radius 3 is 1.81 bits per heavy atom. The molecule has 0 aromatic heterocycles. The summed E-state index contributed by atoms with van der Waals surface area (Å²) < 4.78 is 0. The summed E-state index contributed by atoms with van der Waals surface area (Å²) >= 11 is 1.73. The van der Waals surface area contributed by atoms with Gasteiger partial charge in [0.2, 0.25) is 0 Å². The van der Waals surface area contributed by atoms with E-state index in [1.165, 1.54) is 10.5 Å². The van der Waals surface area contributed by atoms with E-state index in [1.54, 1.807) is 11.8 Å². The van der Waals surface area contributed by atoms with Crippen molar-refractivity contribution >= 4 is 18.0 Å². The summed E-state index contributed by atoms with van der Waals surface area (Å²) in [5.74, 6) is 0. The van der Waals surface area contributed by atoms with Crippen molar-refractivity contribution in [2.45, 2.75) is 4.90 Å². The van der Waals surface area contributed by atoms with Crippen molar-refractivity contribution in [3.8, 4) is 11.1 Å². The Hall–Kier alpha value is -1.54. The predicted molar refractivity (Wildman–Crippen MR) is 69.0 cm³/mol. The number of aldehydes is 1. The fraction of sp³-hybridized carbons (Fsp3) is 0.0714. The van der Waals surface area contributed by atoms with E-state index in [1.807, 2.05) is 24.3 Å². The smallest absolute Gasteiger partial charge is 0.150 e. The Balaban J connectivity index is 2.31. The van der Waals surface area contributed by atoms with Crippen LogP contribution in [0, 0.1) is 0 Å². The lowest BCUT2D eigenvalue weighted by Gasteiger charge is -2.03. The second kappa shape index (κ2) is 4.99. The normalized spacial score (nSPS) is 10.1. The highest BCUT2D eigenvalue weighted by molar-refractivity contribution is 7.98. The lowest BCUT2D eigenvalue weighted by molar-refractivity contribution is 0.112. The summed E-state index contributed by atoms with van der Waals surface area (Å²) in [6, 6.07) is 16.0. The SMILES string of the molecule is CSc1ccc(-c2ccc(C=O)cc2)cc1. The zero-order valence-corrected chi connectivity index (χ0v) is 9.83. The minimum atomic E-state index is 0.712. The maximum Gasteiger partial charge on any atom is 0.150 e. The molecule has 0 aliphatic rings. The minimum absolute atomic E-state index is 0.712. The van der Waals surface area contributed by atoms with Crippen LogP contribution in [0.2, 0.25) is 0 Å². The molecule has 0 bridgehead atoms. The summed E-state index contributed by atoms with van der Waals surface area (Å²) in [5.41, 5.74) is 3.03. The number of hydrogen-bond donors (Lipinski definition) is 0. The van der Waals surface area contributed by atoms with E-state index in [0.717, 1.165) is 11.8 Å². The van der Waals surface area contributed by atoms with Gasteiger partial charge in [-0.1, -0.05) is 36.4 Å². The van der Waals surface area contributed by atoms with Crippen LogP contribution in [-0.2, 0) is 0 Å². The first-order valence-corrected chi connectivity index (χ1v) is 6.25. The Bertz CT molecular complexity index is 471. The van der Waals surface area contributed by atoms with Gasteiger partial charge in [0, 0.05) is 10.5 Å². The Kier molecular flexibility index (Phi) is 3.42. The summed E-state index contributed by atoms with van der Waals surface area (Å²) in [4.78, 5) is 11.8. The van der Waals surface area contributed by atoms with Crippen molar-refractivity contribution in [1.29, 1.82) is 0 Å². The number of thioether (sulfide) groups is 1. The van der Waals surface area contributed by atoms with Gasteiger partial charge in [-0.2, -0.15) is 0 Å². The molecule has 0 unspecified atom stereocenters. The van der Waals surface area contributed by atoms with Gasteiger partial charge in [-0.25, -0.2) is 0 Å². The molecule has 0 amide bonds. The van der Waals surface area contributed by atoms with E-state index < -0.39 is 0 Å². The molecule has 2 aromatic carbocycles. The minimum Gasteiger partial charge on any atom is -0.298 e. The molecule has 0 spiro atoms. The quantitative estimate of drug-likeness (QED) is 0.585. The molecular weight excluding hydrogens is 216 g/mol. The molecule has 2 aromatic rings. The molecule has 80 valence electrons. The first kappa shape index (κ1) is 11.0. The van der Waals surface area contributed by atoms with Crippen molar-refractivity contribution in [1.82, 2.24) is 0 Å². The lowest BCUT2D eigenvalue weighted by atomic mass is 10.0. The third-order valence-corrected chi connectivity index (χ3v) is 3.21. The number of carbonyl (C=O) groups is 1. The van der Waals surface area contributed by atoms with E-state index in [9.17, 15) is 4.79 Å². The topological polar surface area (TPSA) is 17.1 Å². The second-order valence-electron chi connectivity index (χ2n) is 3.47. The van der Waals surface area contributed by atoms with Gasteiger partial charge >= 0.3 is 0 Å². The van der Waals surface area contributed by atoms with E-state index in [4.69, 9.17) is 0 Å². The first-order chi connectivity index (χ1) is 7.83. The van der Waals surface area contributed by atoms with Crippen LogP contribution >= 0.6 is 11.8 Å². The zero-order chi connectivity index (χ0) is 11.4. The monoisotopic (exact) mass is 228 g/mol. The highest BCUT2D eigenvalue weighted by Crippen LogP contribution is 2.23. The molecule has 0 aliphatic heterocycles. The molecule has 0 saturated heterocycles. The van der Waals surface area contributed by atoms with Crippen molar-refractivity contribution in [3.63, 3.8) is 0 Å². The van der Waals surface area contributed by atoms with Gasteiger partial charge in [-0.15, -0.1) is 11.8 Å². The van der Waals surface area contributed by atoms with Crippen molar-refractivity contribution < 1.29 is 4.79 Å². The summed E-state index contributed by atoms with van der Waals surface area (Å²) in [6.07, 6.45) is 2.93. The summed E-state index contributed by atoms with van der Waals surface area (Å²) in [7, 11) is 0. The highest BCUT2D eigenvalue weighted by atomic mass is 32.2. The first-order valence-electron chi connectivity index (χ1n) is 5.03. The van der Waals surface area contributed by atoms with Gasteiger partial charge in [-0.05, 0) is 29.5 Å². The van der Waals surface area contributed by atoms with Crippen LogP contribution in [-0.4, -0.2) is 12.5 Å². The third kappa shape index (κ3) is 2.34. The Morgan fingerprint density at radius 2 is 1.38 bits per heavy atom. The molecule has 0 N–H and O–H groups in total. The molecule has 0 fully saturated rings. The molecule has 16 heavy (non-hydrogen) atoms. The van der Waals surface area contributed by atoms with E-state index in [2.05, 4.69) is 30.5 Å². The molecule has 0 saturated carbocycles. The van der Waals surface area contributed by atoms with Crippen LogP contribution in [0.25, 0.3) is 11.1 Å². The second-order valence-corrected chi connectivity index (χ2v) is 4.35. The summed E-state index contributed by atoms with van der Waals surface area (Å²) in [6.45, 7) is 0. The molecule has 0 heterocycles. The van der Waals surface area contributed by atoms with Gasteiger partial charge in [0.15, 0.2) is 0 Å². The fourth-order valence-corrected chi connectivity index (χ4v) is 1.95. The number of benzene rings is 2. The van der Waals surface area contributed by atoms with Crippen LogP contribution in [0.3, 0.4) is 0 Å². The van der Waals surface area contributed by atoms with Gasteiger partial charge in [0.25, 0.3) is 0 Å². The third-order valence-electron chi connectivity index (χ3n) is 2.47. The van der Waals surface area contributed by atoms with Crippen LogP contribution in [0.4, 0.5) is 0 Å². The number of rotatable bonds is 3. The van der Waals surface area contributed by atoms with E-state index >= 15 is 0 Å². The summed E-state index contributed by atoms with van der Waals surface area (Å²) in [5, 5.41) is 0. The largest absolute Gasteiger partial charge is 0.298 e. The Labute approximate surface area is 99.5 Å². The van der Waals surface area contributed by atoms with Gasteiger partial charge in [0.1, 0.15) is 6.29 Å². The van der Waals surface area contributed by atoms with Crippen LogP contribution < -0.4 is 0 Å².